The molecule has 0 saturated heterocycles. The number of benzene rings is 1. The summed E-state index contributed by atoms with van der Waals surface area (Å²) in [5, 5.41) is 6.58. The van der Waals surface area contributed by atoms with Gasteiger partial charge in [-0.3, -0.25) is 4.79 Å². The van der Waals surface area contributed by atoms with Crippen molar-refractivity contribution in [3.8, 4) is 5.75 Å². The Morgan fingerprint density at radius 2 is 2.05 bits per heavy atom. The van der Waals surface area contributed by atoms with Crippen LogP contribution in [0.4, 0.5) is 0 Å². The van der Waals surface area contributed by atoms with E-state index >= 15 is 0 Å². The molecular formula is C14H22Cl2N2O3. The van der Waals surface area contributed by atoms with Gasteiger partial charge in [-0.2, -0.15) is 0 Å². The minimum Gasteiger partial charge on any atom is -0.484 e. The van der Waals surface area contributed by atoms with E-state index in [0.717, 1.165) is 12.1 Å². The second-order valence-electron chi connectivity index (χ2n) is 4.29. The molecule has 5 nitrogen and oxygen atoms in total. The summed E-state index contributed by atoms with van der Waals surface area (Å²) in [5.74, 6) is 0.492. The monoisotopic (exact) mass is 336 g/mol. The first kappa shape index (κ1) is 20.0. The van der Waals surface area contributed by atoms with Gasteiger partial charge in [0.05, 0.1) is 6.61 Å². The van der Waals surface area contributed by atoms with Gasteiger partial charge in [-0.25, -0.2) is 0 Å². The van der Waals surface area contributed by atoms with Crippen LogP contribution in [0.5, 0.6) is 5.75 Å². The van der Waals surface area contributed by atoms with Gasteiger partial charge in [0.25, 0.3) is 5.91 Å². The smallest absolute Gasteiger partial charge is 0.257 e. The number of amides is 1. The number of carbonyl (C=O) groups is 1. The number of hydrogen-bond acceptors (Lipinski definition) is 4. The van der Waals surface area contributed by atoms with E-state index < -0.39 is 0 Å². The van der Waals surface area contributed by atoms with Crippen LogP contribution in [0.15, 0.2) is 18.2 Å². The second kappa shape index (κ2) is 11.6. The van der Waals surface area contributed by atoms with Crippen LogP contribution >= 0.6 is 24.0 Å². The first-order valence-corrected chi connectivity index (χ1v) is 6.86. The summed E-state index contributed by atoms with van der Waals surface area (Å²) < 4.78 is 10.3. The number of halogens is 2. The maximum atomic E-state index is 11.5. The Labute approximate surface area is 136 Å². The van der Waals surface area contributed by atoms with Gasteiger partial charge in [0, 0.05) is 31.8 Å². The van der Waals surface area contributed by atoms with E-state index in [1.807, 2.05) is 13.0 Å². The Hall–Kier alpha value is -1.01. The molecule has 0 fully saturated rings. The molecule has 1 aromatic rings. The average molecular weight is 337 g/mol. The molecule has 21 heavy (non-hydrogen) atoms. The molecule has 0 saturated carbocycles. The Morgan fingerprint density at radius 1 is 1.29 bits per heavy atom. The molecule has 0 spiro atoms. The van der Waals surface area contributed by atoms with Crippen molar-refractivity contribution in [2.75, 3.05) is 40.0 Å². The van der Waals surface area contributed by atoms with Crippen LogP contribution in [0.3, 0.4) is 0 Å². The van der Waals surface area contributed by atoms with Crippen molar-refractivity contribution in [2.24, 2.45) is 0 Å². The lowest BCUT2D eigenvalue weighted by Gasteiger charge is -2.09. The van der Waals surface area contributed by atoms with Crippen molar-refractivity contribution in [2.45, 2.75) is 6.92 Å². The third kappa shape index (κ3) is 8.78. The van der Waals surface area contributed by atoms with E-state index in [2.05, 4.69) is 10.6 Å². The van der Waals surface area contributed by atoms with E-state index in [1.165, 1.54) is 0 Å². The summed E-state index contributed by atoms with van der Waals surface area (Å²) in [4.78, 5) is 11.5. The fraction of sp³-hybridized carbons (Fsp3) is 0.500. The molecule has 0 aliphatic heterocycles. The fourth-order valence-corrected chi connectivity index (χ4v) is 1.61. The highest BCUT2D eigenvalue weighted by molar-refractivity contribution is 6.31. The first-order chi connectivity index (χ1) is 9.63. The largest absolute Gasteiger partial charge is 0.484 e. The van der Waals surface area contributed by atoms with E-state index in [-0.39, 0.29) is 24.9 Å². The summed E-state index contributed by atoms with van der Waals surface area (Å²) >= 11 is 5.91. The first-order valence-electron chi connectivity index (χ1n) is 6.49. The lowest BCUT2D eigenvalue weighted by atomic mass is 10.2. The zero-order valence-corrected chi connectivity index (χ0v) is 13.9. The van der Waals surface area contributed by atoms with Crippen molar-refractivity contribution in [3.63, 3.8) is 0 Å². The topological polar surface area (TPSA) is 59.6 Å². The number of carbonyl (C=O) groups excluding carboxylic acids is 1. The molecule has 0 bridgehead atoms. The van der Waals surface area contributed by atoms with E-state index in [4.69, 9.17) is 21.1 Å². The van der Waals surface area contributed by atoms with E-state index in [0.29, 0.717) is 30.5 Å². The highest BCUT2D eigenvalue weighted by atomic mass is 35.5. The van der Waals surface area contributed by atoms with Crippen LogP contribution in [0.1, 0.15) is 5.56 Å². The normalized spacial score (nSPS) is 9.86. The van der Waals surface area contributed by atoms with Crippen molar-refractivity contribution in [1.29, 1.82) is 0 Å². The zero-order valence-electron chi connectivity index (χ0n) is 12.3. The van der Waals surface area contributed by atoms with Crippen LogP contribution in [0.25, 0.3) is 0 Å². The van der Waals surface area contributed by atoms with Crippen molar-refractivity contribution in [1.82, 2.24) is 10.6 Å². The van der Waals surface area contributed by atoms with Crippen LogP contribution in [0, 0.1) is 6.92 Å². The Morgan fingerprint density at radius 3 is 2.71 bits per heavy atom. The highest BCUT2D eigenvalue weighted by Crippen LogP contribution is 2.20. The Bertz CT molecular complexity index is 431. The SMILES string of the molecule is COCCNCCNC(=O)COc1ccc(Cl)c(C)c1.Cl. The van der Waals surface area contributed by atoms with Gasteiger partial charge in [-0.05, 0) is 30.7 Å². The summed E-state index contributed by atoms with van der Waals surface area (Å²) in [6.07, 6.45) is 0. The van der Waals surface area contributed by atoms with Gasteiger partial charge in [0.15, 0.2) is 6.61 Å². The highest BCUT2D eigenvalue weighted by Gasteiger charge is 2.03. The lowest BCUT2D eigenvalue weighted by molar-refractivity contribution is -0.123. The standard InChI is InChI=1S/C14H21ClN2O3.ClH/c1-11-9-12(3-4-13(11)15)20-10-14(18)17-6-5-16-7-8-19-2;/h3-4,9,16H,5-8,10H2,1-2H3,(H,17,18);1H. The third-order valence-electron chi connectivity index (χ3n) is 2.61. The summed E-state index contributed by atoms with van der Waals surface area (Å²) in [5.41, 5.74) is 0.923. The number of aryl methyl sites for hydroxylation is 1. The molecule has 0 heterocycles. The lowest BCUT2D eigenvalue weighted by Crippen LogP contribution is -2.35. The molecule has 2 N–H and O–H groups in total. The molecule has 0 atom stereocenters. The Balaban J connectivity index is 0.00000400. The van der Waals surface area contributed by atoms with Crippen molar-refractivity contribution >= 4 is 29.9 Å². The Kier molecular flexibility index (Phi) is 11.1. The van der Waals surface area contributed by atoms with Crippen molar-refractivity contribution in [3.05, 3.63) is 28.8 Å². The number of hydrogen-bond donors (Lipinski definition) is 2. The van der Waals surface area contributed by atoms with E-state index in [9.17, 15) is 4.79 Å². The van der Waals surface area contributed by atoms with Gasteiger partial charge < -0.3 is 20.1 Å². The van der Waals surface area contributed by atoms with E-state index in [1.54, 1.807) is 19.2 Å². The van der Waals surface area contributed by atoms with Crippen LogP contribution in [-0.2, 0) is 9.53 Å². The summed E-state index contributed by atoms with van der Waals surface area (Å²) in [6.45, 7) is 4.58. The maximum absolute atomic E-state index is 11.5. The molecule has 0 aromatic heterocycles. The number of rotatable bonds is 9. The van der Waals surface area contributed by atoms with Crippen LogP contribution < -0.4 is 15.4 Å². The fourth-order valence-electron chi connectivity index (χ4n) is 1.50. The number of ether oxygens (including phenoxy) is 2. The molecule has 0 unspecified atom stereocenters. The second-order valence-corrected chi connectivity index (χ2v) is 4.70. The molecule has 1 aromatic carbocycles. The van der Waals surface area contributed by atoms with Gasteiger partial charge >= 0.3 is 0 Å². The van der Waals surface area contributed by atoms with Crippen molar-refractivity contribution < 1.29 is 14.3 Å². The minimum atomic E-state index is -0.147. The maximum Gasteiger partial charge on any atom is 0.257 e. The molecule has 1 rings (SSSR count). The molecule has 120 valence electrons. The molecule has 0 aliphatic carbocycles. The summed E-state index contributed by atoms with van der Waals surface area (Å²) in [6, 6.07) is 5.31. The van der Waals surface area contributed by atoms with Gasteiger partial charge in [-0.1, -0.05) is 11.6 Å². The zero-order chi connectivity index (χ0) is 14.8. The molecule has 7 heteroatoms. The van der Waals surface area contributed by atoms with Gasteiger partial charge in [-0.15, -0.1) is 12.4 Å². The van der Waals surface area contributed by atoms with Crippen LogP contribution in [0.2, 0.25) is 5.02 Å². The summed E-state index contributed by atoms with van der Waals surface area (Å²) in [7, 11) is 1.65. The molecule has 0 aliphatic rings. The quantitative estimate of drug-likeness (QED) is 0.675. The molecule has 1 amide bonds. The predicted molar refractivity (Wildman–Crippen MR) is 86.7 cm³/mol. The minimum absolute atomic E-state index is 0. The third-order valence-corrected chi connectivity index (χ3v) is 3.03. The number of nitrogens with one attached hydrogen (secondary N) is 2. The van der Waals surface area contributed by atoms with Gasteiger partial charge in [0.2, 0.25) is 0 Å². The molecular weight excluding hydrogens is 315 g/mol. The predicted octanol–water partition coefficient (Wildman–Crippen LogP) is 1.80. The van der Waals surface area contributed by atoms with Crippen LogP contribution in [-0.4, -0.2) is 45.9 Å². The number of methoxy groups -OCH3 is 1. The average Bonchev–Trinajstić information content (AvgIpc) is 2.44. The molecule has 0 radical (unpaired) electrons. The van der Waals surface area contributed by atoms with Gasteiger partial charge in [0.1, 0.15) is 5.75 Å².